The van der Waals surface area contributed by atoms with Crippen LogP contribution in [-0.2, 0) is 0 Å². The van der Waals surface area contributed by atoms with E-state index >= 15 is 0 Å². The summed E-state index contributed by atoms with van der Waals surface area (Å²) in [5.74, 6) is 0.705. The van der Waals surface area contributed by atoms with Crippen LogP contribution in [0.3, 0.4) is 0 Å². The lowest BCUT2D eigenvalue weighted by atomic mass is 10.1. The fourth-order valence-electron chi connectivity index (χ4n) is 1.67. The van der Waals surface area contributed by atoms with Crippen molar-refractivity contribution in [3.05, 3.63) is 22.9 Å². The first-order valence-corrected chi connectivity index (χ1v) is 5.52. The van der Waals surface area contributed by atoms with E-state index in [1.165, 1.54) is 0 Å². The molecule has 1 fully saturated rings. The van der Waals surface area contributed by atoms with Gasteiger partial charge in [-0.15, -0.1) is 0 Å². The lowest BCUT2D eigenvalue weighted by Gasteiger charge is -2.29. The minimum atomic E-state index is 0.705. The third-order valence-electron chi connectivity index (χ3n) is 2.37. The molecule has 4 heteroatoms. The van der Waals surface area contributed by atoms with Gasteiger partial charge in [0.05, 0.1) is 11.9 Å². The molecule has 1 saturated heterocycles. The van der Waals surface area contributed by atoms with E-state index in [1.807, 2.05) is 17.2 Å². The van der Waals surface area contributed by atoms with Crippen LogP contribution in [-0.4, -0.2) is 17.4 Å². The van der Waals surface area contributed by atoms with Crippen LogP contribution in [0, 0.1) is 5.41 Å². The number of aromatic nitrogens is 1. The average Bonchev–Trinajstić information content (AvgIpc) is 2.18. The molecule has 1 aromatic rings. The van der Waals surface area contributed by atoms with Crippen molar-refractivity contribution in [1.82, 2.24) is 4.98 Å². The topological polar surface area (TPSA) is 40.0 Å². The normalized spacial score (nSPS) is 17.2. The lowest BCUT2D eigenvalue weighted by Crippen LogP contribution is -2.34. The number of anilines is 1. The number of piperidine rings is 1. The van der Waals surface area contributed by atoms with Crippen molar-refractivity contribution >= 4 is 27.5 Å². The Balaban J connectivity index is 2.24. The number of nitrogens with zero attached hydrogens (tertiary/aromatic N) is 2. The first-order valence-electron chi connectivity index (χ1n) is 4.73. The molecule has 0 bridgehead atoms. The Kier molecular flexibility index (Phi) is 2.82. The molecule has 2 heterocycles. The van der Waals surface area contributed by atoms with Crippen LogP contribution in [0.5, 0.6) is 0 Å². The van der Waals surface area contributed by atoms with Gasteiger partial charge in [-0.2, -0.15) is 0 Å². The Labute approximate surface area is 91.8 Å². The highest BCUT2D eigenvalue weighted by Gasteiger charge is 2.16. The van der Waals surface area contributed by atoms with Crippen LogP contribution in [0.15, 0.2) is 22.9 Å². The average molecular weight is 254 g/mol. The predicted molar refractivity (Wildman–Crippen MR) is 60.9 cm³/mol. The summed E-state index contributed by atoms with van der Waals surface area (Å²) in [7, 11) is 0. The van der Waals surface area contributed by atoms with Gasteiger partial charge in [-0.3, -0.25) is 10.4 Å². The van der Waals surface area contributed by atoms with Crippen LogP contribution in [0.4, 0.5) is 5.69 Å². The SMILES string of the molecule is N=C1CCCCN1c1cncc(Br)c1. The number of hydrogen-bond acceptors (Lipinski definition) is 2. The van der Waals surface area contributed by atoms with Crippen LogP contribution < -0.4 is 4.90 Å². The second kappa shape index (κ2) is 4.09. The first kappa shape index (κ1) is 9.65. The van der Waals surface area contributed by atoms with Gasteiger partial charge in [0.25, 0.3) is 0 Å². The van der Waals surface area contributed by atoms with Crippen LogP contribution in [0.1, 0.15) is 19.3 Å². The Morgan fingerprint density at radius 2 is 2.21 bits per heavy atom. The molecule has 74 valence electrons. The van der Waals surface area contributed by atoms with Gasteiger partial charge in [0.2, 0.25) is 0 Å². The number of rotatable bonds is 1. The van der Waals surface area contributed by atoms with Crippen LogP contribution in [0.2, 0.25) is 0 Å². The van der Waals surface area contributed by atoms with E-state index in [4.69, 9.17) is 5.41 Å². The summed E-state index contributed by atoms with van der Waals surface area (Å²) >= 11 is 3.39. The minimum absolute atomic E-state index is 0.705. The monoisotopic (exact) mass is 253 g/mol. The smallest absolute Gasteiger partial charge is 0.100 e. The van der Waals surface area contributed by atoms with E-state index in [0.29, 0.717) is 5.84 Å². The molecule has 0 radical (unpaired) electrons. The summed E-state index contributed by atoms with van der Waals surface area (Å²) in [4.78, 5) is 6.14. The summed E-state index contributed by atoms with van der Waals surface area (Å²) in [5.41, 5.74) is 1.02. The number of pyridine rings is 1. The molecule has 0 aliphatic carbocycles. The highest BCUT2D eigenvalue weighted by Crippen LogP contribution is 2.22. The second-order valence-electron chi connectivity index (χ2n) is 3.42. The van der Waals surface area contributed by atoms with Crippen molar-refractivity contribution in [1.29, 1.82) is 5.41 Å². The van der Waals surface area contributed by atoms with Crippen molar-refractivity contribution in [3.8, 4) is 0 Å². The lowest BCUT2D eigenvalue weighted by molar-refractivity contribution is 0.707. The minimum Gasteiger partial charge on any atom is -0.329 e. The molecule has 1 aliphatic heterocycles. The van der Waals surface area contributed by atoms with Crippen molar-refractivity contribution in [2.75, 3.05) is 11.4 Å². The van der Waals surface area contributed by atoms with Gasteiger partial charge in [0.1, 0.15) is 5.84 Å². The number of halogens is 1. The first-order chi connectivity index (χ1) is 6.77. The molecule has 1 aliphatic rings. The zero-order valence-electron chi connectivity index (χ0n) is 7.83. The summed E-state index contributed by atoms with van der Waals surface area (Å²) in [6.45, 7) is 0.941. The molecule has 14 heavy (non-hydrogen) atoms. The number of nitrogens with one attached hydrogen (secondary N) is 1. The molecule has 0 unspecified atom stereocenters. The highest BCUT2D eigenvalue weighted by molar-refractivity contribution is 9.10. The molecular weight excluding hydrogens is 242 g/mol. The van der Waals surface area contributed by atoms with Crippen LogP contribution >= 0.6 is 15.9 Å². The molecule has 0 saturated carbocycles. The van der Waals surface area contributed by atoms with Gasteiger partial charge in [-0.25, -0.2) is 0 Å². The van der Waals surface area contributed by atoms with E-state index < -0.39 is 0 Å². The van der Waals surface area contributed by atoms with Gasteiger partial charge in [0, 0.05) is 23.6 Å². The quantitative estimate of drug-likeness (QED) is 0.837. The molecule has 0 atom stereocenters. The maximum atomic E-state index is 7.84. The molecule has 1 N–H and O–H groups in total. The third kappa shape index (κ3) is 1.95. The van der Waals surface area contributed by atoms with Crippen molar-refractivity contribution in [2.24, 2.45) is 0 Å². The zero-order valence-corrected chi connectivity index (χ0v) is 9.42. The summed E-state index contributed by atoms with van der Waals surface area (Å²) in [5, 5.41) is 7.84. The van der Waals surface area contributed by atoms with Gasteiger partial charge in [0.15, 0.2) is 0 Å². The summed E-state index contributed by atoms with van der Waals surface area (Å²) < 4.78 is 0.966. The Hall–Kier alpha value is -0.900. The van der Waals surface area contributed by atoms with E-state index in [9.17, 15) is 0 Å². The zero-order chi connectivity index (χ0) is 9.97. The Morgan fingerprint density at radius 3 is 2.93 bits per heavy atom. The predicted octanol–water partition coefficient (Wildman–Crippen LogP) is 2.81. The highest BCUT2D eigenvalue weighted by atomic mass is 79.9. The molecule has 0 aromatic carbocycles. The van der Waals surface area contributed by atoms with E-state index in [0.717, 1.165) is 36.0 Å². The molecule has 3 nitrogen and oxygen atoms in total. The standard InChI is InChI=1S/C10H12BrN3/c11-8-5-9(7-13-6-8)14-4-2-1-3-10(14)12/h5-7,12H,1-4H2. The van der Waals surface area contributed by atoms with Crippen molar-refractivity contribution in [2.45, 2.75) is 19.3 Å². The number of amidine groups is 1. The van der Waals surface area contributed by atoms with Gasteiger partial charge in [-0.05, 0) is 34.8 Å². The largest absolute Gasteiger partial charge is 0.329 e. The molecular formula is C10H12BrN3. The summed E-state index contributed by atoms with van der Waals surface area (Å²) in [6, 6.07) is 2.01. The van der Waals surface area contributed by atoms with Crippen LogP contribution in [0.25, 0.3) is 0 Å². The van der Waals surface area contributed by atoms with Crippen molar-refractivity contribution < 1.29 is 0 Å². The maximum Gasteiger partial charge on any atom is 0.100 e. The van der Waals surface area contributed by atoms with Gasteiger partial charge >= 0.3 is 0 Å². The second-order valence-corrected chi connectivity index (χ2v) is 4.33. The fraction of sp³-hybridized carbons (Fsp3) is 0.400. The number of hydrogen-bond donors (Lipinski definition) is 1. The summed E-state index contributed by atoms with van der Waals surface area (Å²) in [6.07, 6.45) is 6.75. The Bertz CT molecular complexity index is 351. The molecule has 0 amide bonds. The van der Waals surface area contributed by atoms with E-state index in [1.54, 1.807) is 6.20 Å². The van der Waals surface area contributed by atoms with Gasteiger partial charge in [-0.1, -0.05) is 0 Å². The van der Waals surface area contributed by atoms with Gasteiger partial charge < -0.3 is 4.90 Å². The third-order valence-corrected chi connectivity index (χ3v) is 2.81. The van der Waals surface area contributed by atoms with E-state index in [-0.39, 0.29) is 0 Å². The molecule has 2 rings (SSSR count). The van der Waals surface area contributed by atoms with E-state index in [2.05, 4.69) is 20.9 Å². The maximum absolute atomic E-state index is 7.84. The Morgan fingerprint density at radius 1 is 1.36 bits per heavy atom. The van der Waals surface area contributed by atoms with Crippen molar-refractivity contribution in [3.63, 3.8) is 0 Å². The fourth-order valence-corrected chi connectivity index (χ4v) is 2.02. The molecule has 1 aromatic heterocycles. The molecule has 0 spiro atoms.